The minimum Gasteiger partial charge on any atom is -0.395 e. The Balaban J connectivity index is 2.15. The minimum absolute atomic E-state index is 0.00574. The highest BCUT2D eigenvalue weighted by atomic mass is 32.2. The monoisotopic (exact) mass is 237 g/mol. The first-order chi connectivity index (χ1) is 7.83. The van der Waals surface area contributed by atoms with Crippen LogP contribution in [0.3, 0.4) is 0 Å². The van der Waals surface area contributed by atoms with E-state index in [2.05, 4.69) is 11.4 Å². The van der Waals surface area contributed by atoms with Crippen LogP contribution >= 0.6 is 11.8 Å². The van der Waals surface area contributed by atoms with E-state index in [4.69, 9.17) is 5.11 Å². The number of rotatable bonds is 3. The van der Waals surface area contributed by atoms with Gasteiger partial charge in [0.05, 0.1) is 6.61 Å². The van der Waals surface area contributed by atoms with Gasteiger partial charge in [0.15, 0.2) is 0 Å². The summed E-state index contributed by atoms with van der Waals surface area (Å²) in [4.78, 5) is 11.9. The largest absolute Gasteiger partial charge is 0.395 e. The van der Waals surface area contributed by atoms with Gasteiger partial charge in [0, 0.05) is 6.54 Å². The molecule has 4 heteroatoms. The molecule has 2 rings (SSSR count). The normalized spacial score (nSPS) is 18.9. The fraction of sp³-hybridized carbons (Fsp3) is 0.417. The average molecular weight is 237 g/mol. The SMILES string of the molecule is O=C(NCCO)C1SCCc2ccccc21. The molecular weight excluding hydrogens is 222 g/mol. The van der Waals surface area contributed by atoms with Crippen LogP contribution < -0.4 is 5.32 Å². The van der Waals surface area contributed by atoms with Gasteiger partial charge in [-0.15, -0.1) is 11.8 Å². The van der Waals surface area contributed by atoms with E-state index in [1.54, 1.807) is 11.8 Å². The minimum atomic E-state index is -0.114. The number of aliphatic hydroxyl groups is 1. The van der Waals surface area contributed by atoms with Crippen molar-refractivity contribution in [3.63, 3.8) is 0 Å². The molecule has 1 amide bonds. The second kappa shape index (κ2) is 5.37. The van der Waals surface area contributed by atoms with E-state index >= 15 is 0 Å². The van der Waals surface area contributed by atoms with E-state index in [1.807, 2.05) is 18.2 Å². The summed E-state index contributed by atoms with van der Waals surface area (Å²) in [5.41, 5.74) is 2.39. The fourth-order valence-electron chi connectivity index (χ4n) is 1.88. The summed E-state index contributed by atoms with van der Waals surface area (Å²) in [6.07, 6.45) is 1.03. The summed E-state index contributed by atoms with van der Waals surface area (Å²) in [5.74, 6) is 0.986. The predicted molar refractivity (Wildman–Crippen MR) is 65.4 cm³/mol. The molecule has 1 aliphatic heterocycles. The van der Waals surface area contributed by atoms with Crippen LogP contribution in [0.5, 0.6) is 0 Å². The number of amides is 1. The zero-order valence-corrected chi connectivity index (χ0v) is 9.80. The molecule has 1 aromatic rings. The molecule has 0 fully saturated rings. The standard InChI is InChI=1S/C12H15NO2S/c14-7-6-13-12(15)11-10-4-2-1-3-9(10)5-8-16-11/h1-4,11,14H,5-8H2,(H,13,15). The fourth-order valence-corrected chi connectivity index (χ4v) is 3.10. The number of hydrogen-bond acceptors (Lipinski definition) is 3. The van der Waals surface area contributed by atoms with E-state index in [1.165, 1.54) is 5.56 Å². The van der Waals surface area contributed by atoms with Crippen molar-refractivity contribution in [3.05, 3.63) is 35.4 Å². The smallest absolute Gasteiger partial charge is 0.237 e. The van der Waals surface area contributed by atoms with Crippen molar-refractivity contribution in [1.82, 2.24) is 5.32 Å². The van der Waals surface area contributed by atoms with Gasteiger partial charge >= 0.3 is 0 Å². The average Bonchev–Trinajstić information content (AvgIpc) is 2.35. The summed E-state index contributed by atoms with van der Waals surface area (Å²) in [7, 11) is 0. The molecule has 0 saturated carbocycles. The van der Waals surface area contributed by atoms with Crippen LogP contribution in [0.25, 0.3) is 0 Å². The second-order valence-electron chi connectivity index (χ2n) is 3.71. The molecular formula is C12H15NO2S. The first-order valence-corrected chi connectivity index (χ1v) is 6.46. The third-order valence-electron chi connectivity index (χ3n) is 2.64. The number of fused-ring (bicyclic) bond motifs is 1. The molecule has 16 heavy (non-hydrogen) atoms. The van der Waals surface area contributed by atoms with Crippen molar-refractivity contribution in [2.75, 3.05) is 18.9 Å². The van der Waals surface area contributed by atoms with Crippen molar-refractivity contribution >= 4 is 17.7 Å². The molecule has 0 aliphatic carbocycles. The van der Waals surface area contributed by atoms with Gasteiger partial charge in [0.25, 0.3) is 0 Å². The molecule has 2 N–H and O–H groups in total. The predicted octanol–water partition coefficient (Wildman–Crippen LogP) is 1.13. The maximum atomic E-state index is 11.9. The molecule has 1 atom stereocenters. The molecule has 0 radical (unpaired) electrons. The van der Waals surface area contributed by atoms with E-state index in [9.17, 15) is 4.79 Å². The van der Waals surface area contributed by atoms with Gasteiger partial charge in [-0.3, -0.25) is 4.79 Å². The van der Waals surface area contributed by atoms with Gasteiger partial charge in [-0.2, -0.15) is 0 Å². The number of benzene rings is 1. The Morgan fingerprint density at radius 3 is 3.12 bits per heavy atom. The maximum Gasteiger partial charge on any atom is 0.237 e. The van der Waals surface area contributed by atoms with Gasteiger partial charge in [-0.25, -0.2) is 0 Å². The van der Waals surface area contributed by atoms with E-state index in [-0.39, 0.29) is 17.8 Å². The molecule has 3 nitrogen and oxygen atoms in total. The second-order valence-corrected chi connectivity index (χ2v) is 4.93. The highest BCUT2D eigenvalue weighted by Crippen LogP contribution is 2.36. The highest BCUT2D eigenvalue weighted by molar-refractivity contribution is 8.00. The molecule has 1 unspecified atom stereocenters. The Morgan fingerprint density at radius 2 is 2.31 bits per heavy atom. The van der Waals surface area contributed by atoms with Crippen molar-refractivity contribution in [2.45, 2.75) is 11.7 Å². The number of aryl methyl sites for hydroxylation is 1. The lowest BCUT2D eigenvalue weighted by Gasteiger charge is -2.24. The summed E-state index contributed by atoms with van der Waals surface area (Å²) in [5, 5.41) is 11.3. The van der Waals surface area contributed by atoms with Crippen LogP contribution in [-0.4, -0.2) is 29.9 Å². The van der Waals surface area contributed by atoms with Gasteiger partial charge < -0.3 is 10.4 Å². The zero-order chi connectivity index (χ0) is 11.4. The number of nitrogens with one attached hydrogen (secondary N) is 1. The van der Waals surface area contributed by atoms with Gasteiger partial charge in [-0.05, 0) is 23.3 Å². The summed E-state index contributed by atoms with van der Waals surface area (Å²) in [6, 6.07) is 8.08. The first kappa shape index (κ1) is 11.5. The number of carbonyl (C=O) groups is 1. The van der Waals surface area contributed by atoms with Crippen molar-refractivity contribution in [2.24, 2.45) is 0 Å². The van der Waals surface area contributed by atoms with Gasteiger partial charge in [0.1, 0.15) is 5.25 Å². The van der Waals surface area contributed by atoms with Crippen LogP contribution in [0.4, 0.5) is 0 Å². The number of carbonyl (C=O) groups excluding carboxylic acids is 1. The van der Waals surface area contributed by atoms with E-state index in [0.717, 1.165) is 17.7 Å². The Kier molecular flexibility index (Phi) is 3.85. The van der Waals surface area contributed by atoms with Crippen LogP contribution in [0.1, 0.15) is 16.4 Å². The summed E-state index contributed by atoms with van der Waals surface area (Å²) in [6.45, 7) is 0.322. The molecule has 1 aliphatic rings. The Hall–Kier alpha value is -1.00. The number of thioether (sulfide) groups is 1. The zero-order valence-electron chi connectivity index (χ0n) is 8.98. The molecule has 0 saturated heterocycles. The Labute approximate surface area is 99.2 Å². The lowest BCUT2D eigenvalue weighted by atomic mass is 10.0. The molecule has 1 aromatic carbocycles. The molecule has 0 aromatic heterocycles. The topological polar surface area (TPSA) is 49.3 Å². The molecule has 0 spiro atoms. The van der Waals surface area contributed by atoms with Crippen molar-refractivity contribution in [1.29, 1.82) is 0 Å². The third-order valence-corrected chi connectivity index (χ3v) is 3.88. The lowest BCUT2D eigenvalue weighted by molar-refractivity contribution is -0.120. The van der Waals surface area contributed by atoms with Crippen LogP contribution in [0.15, 0.2) is 24.3 Å². The Morgan fingerprint density at radius 1 is 1.50 bits per heavy atom. The lowest BCUT2D eigenvalue weighted by Crippen LogP contribution is -2.32. The van der Waals surface area contributed by atoms with Crippen LogP contribution in [-0.2, 0) is 11.2 Å². The van der Waals surface area contributed by atoms with E-state index in [0.29, 0.717) is 6.54 Å². The van der Waals surface area contributed by atoms with Crippen molar-refractivity contribution < 1.29 is 9.90 Å². The quantitative estimate of drug-likeness (QED) is 0.828. The highest BCUT2D eigenvalue weighted by Gasteiger charge is 2.26. The van der Waals surface area contributed by atoms with Gasteiger partial charge in [-0.1, -0.05) is 24.3 Å². The van der Waals surface area contributed by atoms with Crippen LogP contribution in [0.2, 0.25) is 0 Å². The van der Waals surface area contributed by atoms with E-state index < -0.39 is 0 Å². The summed E-state index contributed by atoms with van der Waals surface area (Å²) < 4.78 is 0. The number of aliphatic hydroxyl groups excluding tert-OH is 1. The molecule has 1 heterocycles. The maximum absolute atomic E-state index is 11.9. The van der Waals surface area contributed by atoms with Crippen LogP contribution in [0, 0.1) is 0 Å². The molecule has 86 valence electrons. The molecule has 0 bridgehead atoms. The number of hydrogen-bond donors (Lipinski definition) is 2. The Bertz CT molecular complexity index is 381. The van der Waals surface area contributed by atoms with Crippen molar-refractivity contribution in [3.8, 4) is 0 Å². The summed E-state index contributed by atoms with van der Waals surface area (Å²) >= 11 is 1.67. The third kappa shape index (κ3) is 2.39. The first-order valence-electron chi connectivity index (χ1n) is 5.41. The van der Waals surface area contributed by atoms with Gasteiger partial charge in [0.2, 0.25) is 5.91 Å².